The largest absolute Gasteiger partial charge is 0.466 e. The van der Waals surface area contributed by atoms with Crippen LogP contribution in [0.15, 0.2) is 28.4 Å². The molecule has 0 heterocycles. The van der Waals surface area contributed by atoms with Crippen molar-refractivity contribution in [3.05, 3.63) is 44.1 Å². The van der Waals surface area contributed by atoms with E-state index < -0.39 is 16.9 Å². The van der Waals surface area contributed by atoms with Crippen molar-refractivity contribution in [2.24, 2.45) is 0 Å². The monoisotopic (exact) mass is 372 g/mol. The molecule has 0 aromatic heterocycles. The van der Waals surface area contributed by atoms with E-state index in [0.717, 1.165) is 20.3 Å². The number of nitro groups is 1. The molecule has 22 heavy (non-hydrogen) atoms. The Morgan fingerprint density at radius 1 is 1.32 bits per heavy atom. The van der Waals surface area contributed by atoms with Crippen molar-refractivity contribution in [2.45, 2.75) is 6.92 Å². The Kier molecular flexibility index (Phi) is 6.05. The molecule has 0 aliphatic heterocycles. The van der Waals surface area contributed by atoms with E-state index in [1.807, 2.05) is 0 Å². The summed E-state index contributed by atoms with van der Waals surface area (Å²) in [6.07, 6.45) is 0.894. The molecule has 0 amide bonds. The number of hydrogen-bond donors (Lipinski definition) is 1. The molecule has 1 N–H and O–H groups in total. The number of rotatable bonds is 5. The average molecular weight is 373 g/mol. The molecule has 0 bridgehead atoms. The van der Waals surface area contributed by atoms with Crippen LogP contribution in [-0.4, -0.2) is 31.1 Å². The van der Waals surface area contributed by atoms with Crippen molar-refractivity contribution in [2.75, 3.05) is 19.5 Å². The Bertz CT molecular complexity index is 656. The fraction of sp³-hybridized carbons (Fsp3) is 0.231. The number of anilines is 1. The van der Waals surface area contributed by atoms with Gasteiger partial charge in [0.2, 0.25) is 0 Å². The fourth-order valence-corrected chi connectivity index (χ4v) is 1.96. The summed E-state index contributed by atoms with van der Waals surface area (Å²) in [6.45, 7) is 1.58. The lowest BCUT2D eigenvalue weighted by Crippen LogP contribution is -2.15. The van der Waals surface area contributed by atoms with E-state index in [9.17, 15) is 19.7 Å². The van der Waals surface area contributed by atoms with Crippen molar-refractivity contribution in [3.8, 4) is 0 Å². The third-order valence-corrected chi connectivity index (χ3v) is 3.48. The van der Waals surface area contributed by atoms with E-state index in [4.69, 9.17) is 0 Å². The molecule has 0 saturated carbocycles. The molecule has 1 rings (SSSR count). The summed E-state index contributed by atoms with van der Waals surface area (Å²) >= 11 is 3.20. The van der Waals surface area contributed by atoms with Crippen LogP contribution in [0.4, 0.5) is 11.4 Å². The zero-order chi connectivity index (χ0) is 16.9. The van der Waals surface area contributed by atoms with Gasteiger partial charge in [0, 0.05) is 21.8 Å². The Morgan fingerprint density at radius 3 is 2.45 bits per heavy atom. The highest BCUT2D eigenvalue weighted by atomic mass is 79.9. The second-order valence-corrected chi connectivity index (χ2v) is 4.91. The van der Waals surface area contributed by atoms with E-state index in [2.05, 4.69) is 30.7 Å². The van der Waals surface area contributed by atoms with Crippen molar-refractivity contribution >= 4 is 39.2 Å². The van der Waals surface area contributed by atoms with Gasteiger partial charge in [0.25, 0.3) is 5.69 Å². The lowest BCUT2D eigenvalue weighted by molar-refractivity contribution is -0.385. The third-order valence-electron chi connectivity index (χ3n) is 2.66. The Morgan fingerprint density at radius 2 is 1.95 bits per heavy atom. The zero-order valence-corrected chi connectivity index (χ0v) is 13.6. The average Bonchev–Trinajstić information content (AvgIpc) is 2.48. The Hall–Kier alpha value is -2.42. The Labute approximate surface area is 134 Å². The molecule has 8 nitrogen and oxygen atoms in total. The predicted molar refractivity (Wildman–Crippen MR) is 81.3 cm³/mol. The van der Waals surface area contributed by atoms with Crippen LogP contribution in [0.25, 0.3) is 0 Å². The number of nitrogens with one attached hydrogen (secondary N) is 1. The van der Waals surface area contributed by atoms with E-state index in [1.165, 1.54) is 12.1 Å². The number of nitrogens with zero attached hydrogens (tertiary/aromatic N) is 1. The van der Waals surface area contributed by atoms with Crippen LogP contribution < -0.4 is 5.32 Å². The lowest BCUT2D eigenvalue weighted by Gasteiger charge is -2.10. The molecule has 0 unspecified atom stereocenters. The molecule has 0 aliphatic carbocycles. The summed E-state index contributed by atoms with van der Waals surface area (Å²) in [5.74, 6) is -1.58. The first kappa shape index (κ1) is 17.6. The summed E-state index contributed by atoms with van der Waals surface area (Å²) in [5, 5.41) is 13.6. The number of carbonyl (C=O) groups excluding carboxylic acids is 2. The van der Waals surface area contributed by atoms with Crippen molar-refractivity contribution in [3.63, 3.8) is 0 Å². The van der Waals surface area contributed by atoms with Crippen molar-refractivity contribution < 1.29 is 24.0 Å². The van der Waals surface area contributed by atoms with Crippen molar-refractivity contribution in [1.29, 1.82) is 0 Å². The summed E-state index contributed by atoms with van der Waals surface area (Å²) in [6, 6.07) is 2.78. The number of methoxy groups -OCH3 is 2. The highest BCUT2D eigenvalue weighted by Gasteiger charge is 2.18. The highest BCUT2D eigenvalue weighted by Crippen LogP contribution is 2.30. The minimum Gasteiger partial charge on any atom is -0.466 e. The van der Waals surface area contributed by atoms with Gasteiger partial charge in [-0.2, -0.15) is 0 Å². The third kappa shape index (κ3) is 4.29. The van der Waals surface area contributed by atoms with Gasteiger partial charge in [0.1, 0.15) is 5.70 Å². The second kappa shape index (κ2) is 7.55. The maximum Gasteiger partial charge on any atom is 0.354 e. The summed E-state index contributed by atoms with van der Waals surface area (Å²) in [4.78, 5) is 33.4. The first-order valence-electron chi connectivity index (χ1n) is 5.89. The number of carbonyl (C=O) groups is 2. The molecule has 1 aromatic rings. The SMILES string of the molecule is COC(=O)/C=C(/Nc1cc(Br)c(C)c([N+](=O)[O-])c1)C(=O)OC. The van der Waals surface area contributed by atoms with E-state index in [0.29, 0.717) is 10.0 Å². The maximum absolute atomic E-state index is 11.6. The van der Waals surface area contributed by atoms with Crippen LogP contribution in [0.1, 0.15) is 5.56 Å². The molecule has 0 aliphatic rings. The van der Waals surface area contributed by atoms with Gasteiger partial charge < -0.3 is 14.8 Å². The molecule has 9 heteroatoms. The number of benzene rings is 1. The Balaban J connectivity index is 3.24. The molecule has 0 saturated heterocycles. The smallest absolute Gasteiger partial charge is 0.354 e. The number of nitro benzene ring substituents is 1. The normalized spacial score (nSPS) is 10.8. The minimum absolute atomic E-state index is 0.140. The number of hydrogen-bond acceptors (Lipinski definition) is 7. The van der Waals surface area contributed by atoms with Gasteiger partial charge in [-0.05, 0) is 13.0 Å². The zero-order valence-electron chi connectivity index (χ0n) is 12.0. The first-order chi connectivity index (χ1) is 10.3. The van der Waals surface area contributed by atoms with Gasteiger partial charge in [-0.25, -0.2) is 9.59 Å². The molecule has 0 fully saturated rings. The van der Waals surface area contributed by atoms with E-state index in [-0.39, 0.29) is 17.1 Å². The minimum atomic E-state index is -0.815. The van der Waals surface area contributed by atoms with E-state index in [1.54, 1.807) is 6.92 Å². The van der Waals surface area contributed by atoms with Gasteiger partial charge in [0.05, 0.1) is 25.2 Å². The number of esters is 2. The molecule has 0 spiro atoms. The summed E-state index contributed by atoms with van der Waals surface area (Å²) in [7, 11) is 2.30. The summed E-state index contributed by atoms with van der Waals surface area (Å²) < 4.78 is 9.45. The quantitative estimate of drug-likeness (QED) is 0.365. The van der Waals surface area contributed by atoms with Crippen LogP contribution >= 0.6 is 15.9 Å². The molecule has 118 valence electrons. The van der Waals surface area contributed by atoms with Gasteiger partial charge in [-0.3, -0.25) is 10.1 Å². The van der Waals surface area contributed by atoms with Crippen LogP contribution in [0.3, 0.4) is 0 Å². The van der Waals surface area contributed by atoms with Crippen LogP contribution in [0.2, 0.25) is 0 Å². The van der Waals surface area contributed by atoms with Crippen LogP contribution in [-0.2, 0) is 19.1 Å². The van der Waals surface area contributed by atoms with Gasteiger partial charge in [-0.15, -0.1) is 0 Å². The molecule has 0 atom stereocenters. The first-order valence-corrected chi connectivity index (χ1v) is 6.69. The molecule has 0 radical (unpaired) electrons. The fourth-order valence-electron chi connectivity index (χ4n) is 1.51. The standard InChI is InChI=1S/C13H13BrN2O6/c1-7-9(14)4-8(5-11(7)16(19)20)15-10(13(18)22-3)6-12(17)21-2/h4-6,15H,1-3H3/b10-6+. The number of ether oxygens (including phenoxy) is 2. The lowest BCUT2D eigenvalue weighted by atomic mass is 10.2. The molecule has 1 aromatic carbocycles. The van der Waals surface area contributed by atoms with Gasteiger partial charge in [0.15, 0.2) is 0 Å². The molecular weight excluding hydrogens is 360 g/mol. The van der Waals surface area contributed by atoms with E-state index >= 15 is 0 Å². The second-order valence-electron chi connectivity index (χ2n) is 4.06. The predicted octanol–water partition coefficient (Wildman–Crippen LogP) is 2.31. The number of halogens is 1. The maximum atomic E-state index is 11.6. The van der Waals surface area contributed by atoms with Gasteiger partial charge >= 0.3 is 11.9 Å². The summed E-state index contributed by atoms with van der Waals surface area (Å²) in [5.41, 5.74) is 0.329. The molecular formula is C13H13BrN2O6. The van der Waals surface area contributed by atoms with Gasteiger partial charge in [-0.1, -0.05) is 15.9 Å². The topological polar surface area (TPSA) is 108 Å². The highest BCUT2D eigenvalue weighted by molar-refractivity contribution is 9.10. The van der Waals surface area contributed by atoms with Crippen LogP contribution in [0.5, 0.6) is 0 Å². The van der Waals surface area contributed by atoms with Crippen molar-refractivity contribution in [1.82, 2.24) is 0 Å². The van der Waals surface area contributed by atoms with Crippen LogP contribution in [0, 0.1) is 17.0 Å².